The molecule has 0 saturated heterocycles. The van der Waals surface area contributed by atoms with Gasteiger partial charge in [0, 0.05) is 12.1 Å². The molecule has 0 aliphatic rings. The van der Waals surface area contributed by atoms with Crippen molar-refractivity contribution in [2.24, 2.45) is 0 Å². The van der Waals surface area contributed by atoms with Gasteiger partial charge in [-0.15, -0.1) is 0 Å². The minimum atomic E-state index is -3.80. The predicted molar refractivity (Wildman–Crippen MR) is 77.6 cm³/mol. The van der Waals surface area contributed by atoms with Crippen LogP contribution in [0.5, 0.6) is 0 Å². The van der Waals surface area contributed by atoms with E-state index in [1.165, 1.54) is 6.92 Å². The summed E-state index contributed by atoms with van der Waals surface area (Å²) in [5.41, 5.74) is 1.36. The van der Waals surface area contributed by atoms with Crippen molar-refractivity contribution in [2.45, 2.75) is 18.7 Å². The van der Waals surface area contributed by atoms with Crippen LogP contribution in [0.15, 0.2) is 24.3 Å². The lowest BCUT2D eigenvalue weighted by Crippen LogP contribution is -2.37. The summed E-state index contributed by atoms with van der Waals surface area (Å²) in [5.74, 6) is 4.43. The summed E-state index contributed by atoms with van der Waals surface area (Å²) < 4.78 is 30.5. The summed E-state index contributed by atoms with van der Waals surface area (Å²) in [4.78, 5) is 11.3. The third kappa shape index (κ3) is 5.19. The minimum absolute atomic E-state index is 0.0400. The van der Waals surface area contributed by atoms with Crippen molar-refractivity contribution in [3.8, 4) is 11.8 Å². The molecule has 0 aliphatic heterocycles. The van der Waals surface area contributed by atoms with E-state index in [9.17, 15) is 13.2 Å². The molecule has 21 heavy (non-hydrogen) atoms. The summed E-state index contributed by atoms with van der Waals surface area (Å²) in [6.45, 7) is 1.06. The molecule has 0 amide bonds. The first-order valence-electron chi connectivity index (χ1n) is 6.15. The average Bonchev–Trinajstić information content (AvgIpc) is 2.49. The number of benzene rings is 1. The van der Waals surface area contributed by atoms with E-state index in [0.717, 1.165) is 7.11 Å². The maximum Gasteiger partial charge on any atom is 0.325 e. The van der Waals surface area contributed by atoms with E-state index >= 15 is 0 Å². The summed E-state index contributed by atoms with van der Waals surface area (Å²) in [6.07, 6.45) is 0. The minimum Gasteiger partial charge on any atom is -0.468 e. The third-order valence-corrected chi connectivity index (χ3v) is 4.38. The van der Waals surface area contributed by atoms with Crippen molar-refractivity contribution in [3.05, 3.63) is 35.4 Å². The molecule has 1 unspecified atom stereocenters. The molecule has 1 aromatic rings. The number of aliphatic hydroxyl groups is 1. The molecule has 0 spiro atoms. The van der Waals surface area contributed by atoms with Crippen molar-refractivity contribution in [1.82, 2.24) is 4.72 Å². The fraction of sp³-hybridized carbons (Fsp3) is 0.357. The van der Waals surface area contributed by atoms with E-state index in [2.05, 4.69) is 21.3 Å². The van der Waals surface area contributed by atoms with Crippen LogP contribution in [0.4, 0.5) is 0 Å². The highest BCUT2D eigenvalue weighted by molar-refractivity contribution is 7.90. The maximum absolute atomic E-state index is 11.9. The lowest BCUT2D eigenvalue weighted by atomic mass is 10.1. The van der Waals surface area contributed by atoms with Gasteiger partial charge in [-0.25, -0.2) is 13.1 Å². The van der Waals surface area contributed by atoms with Crippen LogP contribution in [0.2, 0.25) is 0 Å². The largest absolute Gasteiger partial charge is 0.468 e. The van der Waals surface area contributed by atoms with Crippen LogP contribution < -0.4 is 4.72 Å². The Morgan fingerprint density at radius 3 is 2.81 bits per heavy atom. The van der Waals surface area contributed by atoms with Crippen LogP contribution in [0.3, 0.4) is 0 Å². The second-order valence-electron chi connectivity index (χ2n) is 4.19. The van der Waals surface area contributed by atoms with Crippen molar-refractivity contribution < 1.29 is 23.1 Å². The molecule has 0 aromatic heterocycles. The standard InChI is InChI=1S/C14H17NO5S/c1-11(14(17)20-2)21(18,19)15-10-13-6-3-5-12(9-13)7-4-8-16/h3,5-6,9,11,15-16H,8,10H2,1-2H3. The first-order chi connectivity index (χ1) is 9.90. The first-order valence-corrected chi connectivity index (χ1v) is 7.70. The Kier molecular flexibility index (Phi) is 6.37. The van der Waals surface area contributed by atoms with Crippen LogP contribution in [-0.2, 0) is 26.1 Å². The van der Waals surface area contributed by atoms with E-state index in [-0.39, 0.29) is 13.2 Å². The fourth-order valence-corrected chi connectivity index (χ4v) is 2.47. The Balaban J connectivity index is 2.77. The van der Waals surface area contributed by atoms with Crippen LogP contribution in [0, 0.1) is 11.8 Å². The Morgan fingerprint density at radius 1 is 1.48 bits per heavy atom. The topological polar surface area (TPSA) is 92.7 Å². The SMILES string of the molecule is COC(=O)C(C)S(=O)(=O)NCc1cccc(C#CCO)c1. The molecule has 0 heterocycles. The lowest BCUT2D eigenvalue weighted by Gasteiger charge is -2.12. The molecule has 0 saturated carbocycles. The van der Waals surface area contributed by atoms with Crippen LogP contribution >= 0.6 is 0 Å². The molecular formula is C14H17NO5S. The van der Waals surface area contributed by atoms with E-state index in [0.29, 0.717) is 11.1 Å². The number of aliphatic hydroxyl groups excluding tert-OH is 1. The van der Waals surface area contributed by atoms with Gasteiger partial charge in [-0.05, 0) is 24.6 Å². The van der Waals surface area contributed by atoms with E-state index in [1.807, 2.05) is 0 Å². The molecule has 0 fully saturated rings. The van der Waals surface area contributed by atoms with Gasteiger partial charge >= 0.3 is 5.97 Å². The number of methoxy groups -OCH3 is 1. The van der Waals surface area contributed by atoms with Gasteiger partial charge in [-0.2, -0.15) is 0 Å². The van der Waals surface area contributed by atoms with Crippen molar-refractivity contribution in [3.63, 3.8) is 0 Å². The zero-order valence-electron chi connectivity index (χ0n) is 11.8. The number of nitrogens with one attached hydrogen (secondary N) is 1. The first kappa shape index (κ1) is 17.2. The monoisotopic (exact) mass is 311 g/mol. The highest BCUT2D eigenvalue weighted by atomic mass is 32.2. The Morgan fingerprint density at radius 2 is 2.19 bits per heavy atom. The summed E-state index contributed by atoms with van der Waals surface area (Å²) in [5, 5.41) is 7.36. The highest BCUT2D eigenvalue weighted by Crippen LogP contribution is 2.06. The molecule has 0 aliphatic carbocycles. The van der Waals surface area contributed by atoms with Gasteiger partial charge in [0.1, 0.15) is 6.61 Å². The smallest absolute Gasteiger partial charge is 0.325 e. The number of ether oxygens (including phenoxy) is 1. The zero-order chi connectivity index (χ0) is 15.9. The van der Waals surface area contributed by atoms with Gasteiger partial charge in [0.15, 0.2) is 5.25 Å². The zero-order valence-corrected chi connectivity index (χ0v) is 12.6. The summed E-state index contributed by atoms with van der Waals surface area (Å²) >= 11 is 0. The molecule has 1 atom stereocenters. The quantitative estimate of drug-likeness (QED) is 0.590. The molecule has 1 aromatic carbocycles. The Bertz CT molecular complexity index is 657. The highest BCUT2D eigenvalue weighted by Gasteiger charge is 2.28. The van der Waals surface area contributed by atoms with Crippen LogP contribution in [0.1, 0.15) is 18.1 Å². The Labute approximate surface area is 124 Å². The van der Waals surface area contributed by atoms with Gasteiger partial charge in [0.05, 0.1) is 7.11 Å². The third-order valence-electron chi connectivity index (χ3n) is 2.71. The van der Waals surface area contributed by atoms with Gasteiger partial charge in [-0.3, -0.25) is 4.79 Å². The molecule has 114 valence electrons. The van der Waals surface area contributed by atoms with Gasteiger partial charge in [0.2, 0.25) is 10.0 Å². The fourth-order valence-electron chi connectivity index (χ4n) is 1.50. The summed E-state index contributed by atoms with van der Waals surface area (Å²) in [6, 6.07) is 6.91. The number of hydrogen-bond donors (Lipinski definition) is 2. The van der Waals surface area contributed by atoms with Crippen molar-refractivity contribution >= 4 is 16.0 Å². The molecule has 0 radical (unpaired) electrons. The molecular weight excluding hydrogens is 294 g/mol. The van der Waals surface area contributed by atoms with Gasteiger partial charge in [-0.1, -0.05) is 24.0 Å². The van der Waals surface area contributed by atoms with Gasteiger partial charge in [0.25, 0.3) is 0 Å². The number of carbonyl (C=O) groups is 1. The average molecular weight is 311 g/mol. The second kappa shape index (κ2) is 7.78. The summed E-state index contributed by atoms with van der Waals surface area (Å²) in [7, 11) is -2.66. The number of carbonyl (C=O) groups excluding carboxylic acids is 1. The molecule has 7 heteroatoms. The number of hydrogen-bond acceptors (Lipinski definition) is 5. The predicted octanol–water partition coefficient (Wildman–Crippen LogP) is 0.0113. The normalized spacial score (nSPS) is 12.1. The van der Waals surface area contributed by atoms with E-state index in [4.69, 9.17) is 5.11 Å². The second-order valence-corrected chi connectivity index (χ2v) is 6.28. The van der Waals surface area contributed by atoms with E-state index < -0.39 is 21.2 Å². The van der Waals surface area contributed by atoms with Crippen LogP contribution in [-0.4, -0.2) is 38.5 Å². The molecule has 1 rings (SSSR count). The molecule has 0 bridgehead atoms. The maximum atomic E-state index is 11.9. The Hall–Kier alpha value is -1.88. The molecule has 6 nitrogen and oxygen atoms in total. The number of esters is 1. The van der Waals surface area contributed by atoms with Crippen LogP contribution in [0.25, 0.3) is 0 Å². The number of sulfonamides is 1. The van der Waals surface area contributed by atoms with E-state index in [1.54, 1.807) is 24.3 Å². The van der Waals surface area contributed by atoms with Crippen molar-refractivity contribution in [1.29, 1.82) is 0 Å². The lowest BCUT2D eigenvalue weighted by molar-refractivity contribution is -0.139. The molecule has 2 N–H and O–H groups in total. The van der Waals surface area contributed by atoms with Crippen molar-refractivity contribution in [2.75, 3.05) is 13.7 Å². The van der Waals surface area contributed by atoms with Gasteiger partial charge < -0.3 is 9.84 Å². The number of rotatable bonds is 5.